The summed E-state index contributed by atoms with van der Waals surface area (Å²) in [6.45, 7) is 4.69. The second kappa shape index (κ2) is 5.81. The summed E-state index contributed by atoms with van der Waals surface area (Å²) in [6.07, 6.45) is 3.10. The van der Waals surface area contributed by atoms with Crippen LogP contribution in [0.4, 0.5) is 0 Å². The van der Waals surface area contributed by atoms with E-state index in [0.29, 0.717) is 6.61 Å². The van der Waals surface area contributed by atoms with Gasteiger partial charge in [0.25, 0.3) is 0 Å². The van der Waals surface area contributed by atoms with E-state index in [9.17, 15) is 0 Å². The zero-order valence-electron chi connectivity index (χ0n) is 13.4. The van der Waals surface area contributed by atoms with E-state index in [4.69, 9.17) is 4.74 Å². The molecule has 2 aliphatic heterocycles. The molecule has 6 heteroatoms. The molecule has 2 aliphatic rings. The number of fused-ring (bicyclic) bond motifs is 1. The van der Waals surface area contributed by atoms with Crippen molar-refractivity contribution in [1.82, 2.24) is 14.5 Å². The summed E-state index contributed by atoms with van der Waals surface area (Å²) < 4.78 is 8.69. The first-order valence-corrected chi connectivity index (χ1v) is 10.0. The lowest BCUT2D eigenvalue weighted by Crippen LogP contribution is -2.44. The van der Waals surface area contributed by atoms with E-state index >= 15 is 0 Å². The normalized spacial score (nSPS) is 23.8. The maximum atomic E-state index is 6.31. The molecule has 4 nitrogen and oxygen atoms in total. The number of aromatic nitrogens is 2. The topological polar surface area (TPSA) is 30.3 Å². The minimum Gasteiger partial charge on any atom is -0.364 e. The van der Waals surface area contributed by atoms with Crippen molar-refractivity contribution >= 4 is 22.7 Å². The van der Waals surface area contributed by atoms with E-state index in [0.717, 1.165) is 38.4 Å². The third kappa shape index (κ3) is 2.54. The predicted octanol–water partition coefficient (Wildman–Crippen LogP) is 3.85. The van der Waals surface area contributed by atoms with Gasteiger partial charge in [0.2, 0.25) is 0 Å². The van der Waals surface area contributed by atoms with Crippen molar-refractivity contribution in [2.75, 3.05) is 13.1 Å². The van der Waals surface area contributed by atoms with Crippen LogP contribution in [0.5, 0.6) is 0 Å². The molecular weight excluding hydrogens is 338 g/mol. The van der Waals surface area contributed by atoms with Crippen LogP contribution in [0.2, 0.25) is 0 Å². The number of ether oxygens (including phenoxy) is 1. The quantitative estimate of drug-likeness (QED) is 0.713. The average Bonchev–Trinajstić information content (AvgIpc) is 3.35. The maximum absolute atomic E-state index is 6.31. The fraction of sp³-hybridized carbons (Fsp3) is 0.389. The Bertz CT molecular complexity index is 825. The highest BCUT2D eigenvalue weighted by atomic mass is 32.1. The van der Waals surface area contributed by atoms with Gasteiger partial charge in [0.05, 0.1) is 23.3 Å². The SMILES string of the molecule is c1csc(CN2CCC3(C2)Cn2c(-c4cccs4)cnc2CO3)c1. The number of hydrogen-bond donors (Lipinski definition) is 0. The van der Waals surface area contributed by atoms with E-state index in [1.165, 1.54) is 15.4 Å². The fourth-order valence-electron chi connectivity index (χ4n) is 3.81. The summed E-state index contributed by atoms with van der Waals surface area (Å²) >= 11 is 3.62. The Hall–Kier alpha value is -1.47. The fourth-order valence-corrected chi connectivity index (χ4v) is 5.30. The molecule has 1 saturated heterocycles. The van der Waals surface area contributed by atoms with Crippen LogP contribution in [0.15, 0.2) is 41.2 Å². The molecule has 0 amide bonds. The van der Waals surface area contributed by atoms with Crippen LogP contribution in [0.25, 0.3) is 10.6 Å². The first-order chi connectivity index (χ1) is 11.8. The van der Waals surface area contributed by atoms with E-state index in [1.807, 2.05) is 17.5 Å². The minimum absolute atomic E-state index is 0.0586. The zero-order chi connectivity index (χ0) is 16.0. The second-order valence-corrected chi connectivity index (χ2v) is 8.61. The maximum Gasteiger partial charge on any atom is 0.135 e. The van der Waals surface area contributed by atoms with Crippen LogP contribution in [0, 0.1) is 0 Å². The Morgan fingerprint density at radius 3 is 2.92 bits per heavy atom. The summed E-state index contributed by atoms with van der Waals surface area (Å²) in [5.41, 5.74) is 1.18. The highest BCUT2D eigenvalue weighted by Crippen LogP contribution is 2.36. The highest BCUT2D eigenvalue weighted by molar-refractivity contribution is 7.13. The van der Waals surface area contributed by atoms with Gasteiger partial charge in [-0.15, -0.1) is 22.7 Å². The smallest absolute Gasteiger partial charge is 0.135 e. The Kier molecular flexibility index (Phi) is 3.59. The van der Waals surface area contributed by atoms with Gasteiger partial charge in [-0.2, -0.15) is 0 Å². The van der Waals surface area contributed by atoms with Gasteiger partial charge in [-0.25, -0.2) is 4.98 Å². The van der Waals surface area contributed by atoms with Crippen LogP contribution in [-0.4, -0.2) is 33.1 Å². The molecule has 24 heavy (non-hydrogen) atoms. The zero-order valence-corrected chi connectivity index (χ0v) is 15.0. The van der Waals surface area contributed by atoms with Crippen molar-refractivity contribution in [3.8, 4) is 10.6 Å². The third-order valence-corrected chi connectivity index (χ3v) is 6.77. The highest BCUT2D eigenvalue weighted by Gasteiger charge is 2.43. The molecule has 0 radical (unpaired) electrons. The van der Waals surface area contributed by atoms with E-state index in [-0.39, 0.29) is 5.60 Å². The van der Waals surface area contributed by atoms with Crippen molar-refractivity contribution in [2.45, 2.75) is 31.7 Å². The molecule has 0 saturated carbocycles. The van der Waals surface area contributed by atoms with Crippen LogP contribution >= 0.6 is 22.7 Å². The van der Waals surface area contributed by atoms with Gasteiger partial charge in [-0.05, 0) is 29.3 Å². The molecule has 3 aromatic rings. The summed E-state index contributed by atoms with van der Waals surface area (Å²) in [5.74, 6) is 1.06. The van der Waals surface area contributed by atoms with Crippen LogP contribution in [0.1, 0.15) is 17.1 Å². The van der Waals surface area contributed by atoms with Crippen molar-refractivity contribution in [3.63, 3.8) is 0 Å². The number of rotatable bonds is 3. The van der Waals surface area contributed by atoms with Gasteiger partial charge in [0.1, 0.15) is 18.0 Å². The van der Waals surface area contributed by atoms with Gasteiger partial charge >= 0.3 is 0 Å². The molecule has 124 valence electrons. The summed E-state index contributed by atoms with van der Waals surface area (Å²) in [5, 5.41) is 4.28. The lowest BCUT2D eigenvalue weighted by molar-refractivity contribution is -0.0821. The second-order valence-electron chi connectivity index (χ2n) is 6.63. The summed E-state index contributed by atoms with van der Waals surface area (Å²) in [4.78, 5) is 9.83. The number of imidazole rings is 1. The Morgan fingerprint density at radius 2 is 2.08 bits per heavy atom. The summed E-state index contributed by atoms with van der Waals surface area (Å²) in [7, 11) is 0. The number of nitrogens with zero attached hydrogens (tertiary/aromatic N) is 3. The Balaban J connectivity index is 1.38. The van der Waals surface area contributed by atoms with Crippen LogP contribution < -0.4 is 0 Å². The molecule has 3 aromatic heterocycles. The van der Waals surface area contributed by atoms with Crippen LogP contribution in [-0.2, 0) is 24.4 Å². The molecule has 1 unspecified atom stereocenters. The molecule has 1 atom stereocenters. The van der Waals surface area contributed by atoms with Gasteiger partial charge < -0.3 is 9.30 Å². The van der Waals surface area contributed by atoms with Gasteiger partial charge in [0.15, 0.2) is 0 Å². The molecule has 0 N–H and O–H groups in total. The van der Waals surface area contributed by atoms with E-state index in [1.54, 1.807) is 11.3 Å². The van der Waals surface area contributed by atoms with Crippen LogP contribution in [0.3, 0.4) is 0 Å². The number of thiophene rings is 2. The molecule has 0 aromatic carbocycles. The van der Waals surface area contributed by atoms with Gasteiger partial charge in [-0.1, -0.05) is 12.1 Å². The Morgan fingerprint density at radius 1 is 1.17 bits per heavy atom. The van der Waals surface area contributed by atoms with E-state index in [2.05, 4.69) is 49.5 Å². The van der Waals surface area contributed by atoms with E-state index < -0.39 is 0 Å². The average molecular weight is 358 g/mol. The predicted molar refractivity (Wildman–Crippen MR) is 97.3 cm³/mol. The molecule has 5 heterocycles. The lowest BCUT2D eigenvalue weighted by atomic mass is 10.0. The first-order valence-electron chi connectivity index (χ1n) is 8.28. The molecule has 0 bridgehead atoms. The van der Waals surface area contributed by atoms with Crippen molar-refractivity contribution < 1.29 is 4.74 Å². The standard InChI is InChI=1S/C18H19N3OS2/c1-3-14(23-7-1)10-20-6-5-18(12-20)13-21-15(16-4-2-8-24-16)9-19-17(21)11-22-18/h1-4,7-9H,5-6,10-13H2. The minimum atomic E-state index is -0.0586. The third-order valence-electron chi connectivity index (χ3n) is 5.02. The van der Waals surface area contributed by atoms with Crippen molar-refractivity contribution in [3.05, 3.63) is 51.9 Å². The first kappa shape index (κ1) is 14.8. The van der Waals surface area contributed by atoms with Crippen molar-refractivity contribution in [1.29, 1.82) is 0 Å². The van der Waals surface area contributed by atoms with Crippen molar-refractivity contribution in [2.24, 2.45) is 0 Å². The molecule has 1 spiro atoms. The number of likely N-dealkylation sites (tertiary alicyclic amines) is 1. The molecule has 1 fully saturated rings. The Labute approximate surface area is 149 Å². The summed E-state index contributed by atoms with van der Waals surface area (Å²) in [6, 6.07) is 8.64. The monoisotopic (exact) mass is 357 g/mol. The van der Waals surface area contributed by atoms with Gasteiger partial charge in [-0.3, -0.25) is 4.90 Å². The largest absolute Gasteiger partial charge is 0.364 e. The molecule has 5 rings (SSSR count). The molecule has 0 aliphatic carbocycles. The van der Waals surface area contributed by atoms with Gasteiger partial charge in [0, 0.05) is 24.5 Å². The lowest BCUT2D eigenvalue weighted by Gasteiger charge is -2.35. The molecular formula is C18H19N3OS2. The number of hydrogen-bond acceptors (Lipinski definition) is 5.